The summed E-state index contributed by atoms with van der Waals surface area (Å²) in [6, 6.07) is 5.81. The third-order valence-electron chi connectivity index (χ3n) is 6.05. The number of carbonyl (C=O) groups excluding carboxylic acids is 1. The molecule has 1 aromatic heterocycles. The number of rotatable bonds is 8. The molecule has 156 valence electrons. The van der Waals surface area contributed by atoms with Crippen molar-refractivity contribution in [2.24, 2.45) is 5.92 Å². The molecule has 1 heterocycles. The molecular weight excluding hydrogens is 386 g/mol. The lowest BCUT2D eigenvalue weighted by Gasteiger charge is -2.15. The molecule has 2 aliphatic rings. The Morgan fingerprint density at radius 1 is 1.31 bits per heavy atom. The molecule has 0 bridgehead atoms. The van der Waals surface area contributed by atoms with Gasteiger partial charge in [0, 0.05) is 18.1 Å². The molecule has 4 rings (SSSR count). The monoisotopic (exact) mass is 415 g/mol. The first-order valence-electron chi connectivity index (χ1n) is 10.4. The average Bonchev–Trinajstić information content (AvgIpc) is 3.11. The number of benzene rings is 1. The van der Waals surface area contributed by atoms with Crippen molar-refractivity contribution in [2.75, 3.05) is 5.75 Å². The molecule has 5 nitrogen and oxygen atoms in total. The fourth-order valence-corrected chi connectivity index (χ4v) is 5.41. The second kappa shape index (κ2) is 7.40. The Kier molecular flexibility index (Phi) is 5.20. The van der Waals surface area contributed by atoms with E-state index in [2.05, 4.69) is 12.1 Å². The number of carbonyl (C=O) groups is 1. The number of furan rings is 1. The van der Waals surface area contributed by atoms with Crippen LogP contribution in [0.5, 0.6) is 0 Å². The highest BCUT2D eigenvalue weighted by atomic mass is 32.2. The van der Waals surface area contributed by atoms with Gasteiger partial charge in [-0.1, -0.05) is 12.1 Å². The van der Waals surface area contributed by atoms with Crippen molar-refractivity contribution >= 4 is 15.5 Å². The van der Waals surface area contributed by atoms with Crippen LogP contribution in [0.3, 0.4) is 0 Å². The van der Waals surface area contributed by atoms with Crippen molar-refractivity contribution in [3.05, 3.63) is 52.3 Å². The van der Waals surface area contributed by atoms with Gasteiger partial charge < -0.3 is 9.52 Å². The summed E-state index contributed by atoms with van der Waals surface area (Å²) in [6.45, 7) is 3.19. The van der Waals surface area contributed by atoms with Crippen LogP contribution in [-0.4, -0.2) is 20.9 Å². The summed E-state index contributed by atoms with van der Waals surface area (Å²) in [6.07, 6.45) is 8.25. The maximum Gasteiger partial charge on any atom is 0.199 e. The number of hydrogen-bond acceptors (Lipinski definition) is 5. The van der Waals surface area contributed by atoms with E-state index in [9.17, 15) is 14.1 Å². The van der Waals surface area contributed by atoms with Gasteiger partial charge in [-0.25, -0.2) is 8.99 Å². The van der Waals surface area contributed by atoms with Gasteiger partial charge in [0.2, 0.25) is 0 Å². The Morgan fingerprint density at radius 2 is 2.07 bits per heavy atom. The quantitative estimate of drug-likeness (QED) is 0.677. The van der Waals surface area contributed by atoms with Crippen LogP contribution in [0.1, 0.15) is 60.9 Å². The van der Waals surface area contributed by atoms with Crippen LogP contribution in [0.15, 0.2) is 34.0 Å². The molecule has 29 heavy (non-hydrogen) atoms. The molecule has 2 aromatic rings. The van der Waals surface area contributed by atoms with E-state index in [1.807, 2.05) is 0 Å². The SMILES string of the molecule is CC(C)(O)c1coc(S(=N)(=O)CC(=O)Cc2c(CC3CC3)ccc3c2CCC3)c1. The molecule has 0 saturated heterocycles. The summed E-state index contributed by atoms with van der Waals surface area (Å²) in [5, 5.41) is 10.0. The molecule has 0 spiro atoms. The molecule has 1 fully saturated rings. The average molecular weight is 416 g/mol. The largest absolute Gasteiger partial charge is 0.454 e. The van der Waals surface area contributed by atoms with E-state index in [1.54, 1.807) is 13.8 Å². The summed E-state index contributed by atoms with van der Waals surface area (Å²) in [5.41, 5.74) is 4.30. The first kappa shape index (κ1) is 20.4. The first-order valence-corrected chi connectivity index (χ1v) is 12.1. The van der Waals surface area contributed by atoms with Crippen molar-refractivity contribution in [2.45, 2.75) is 69.5 Å². The number of aliphatic hydroxyl groups is 1. The second-order valence-corrected chi connectivity index (χ2v) is 11.1. The summed E-state index contributed by atoms with van der Waals surface area (Å²) < 4.78 is 26.4. The predicted octanol–water partition coefficient (Wildman–Crippen LogP) is 4.17. The van der Waals surface area contributed by atoms with Crippen LogP contribution < -0.4 is 0 Å². The van der Waals surface area contributed by atoms with Gasteiger partial charge in [0.25, 0.3) is 0 Å². The molecule has 1 saturated carbocycles. The molecule has 1 unspecified atom stereocenters. The van der Waals surface area contributed by atoms with Crippen molar-refractivity contribution in [1.29, 1.82) is 4.78 Å². The molecule has 1 aromatic carbocycles. The summed E-state index contributed by atoms with van der Waals surface area (Å²) in [5.74, 6) is 0.175. The summed E-state index contributed by atoms with van der Waals surface area (Å²) in [7, 11) is -3.38. The minimum absolute atomic E-state index is 0.0422. The van der Waals surface area contributed by atoms with Gasteiger partial charge in [0.15, 0.2) is 10.9 Å². The number of aryl methyl sites for hydroxylation is 1. The zero-order valence-electron chi connectivity index (χ0n) is 17.1. The lowest BCUT2D eigenvalue weighted by atomic mass is 9.91. The molecule has 1 atom stereocenters. The van der Waals surface area contributed by atoms with Crippen LogP contribution in [-0.2, 0) is 45.8 Å². The normalized spacial score (nSPS) is 18.4. The Bertz CT molecular complexity index is 1040. The van der Waals surface area contributed by atoms with Gasteiger partial charge in [-0.15, -0.1) is 0 Å². The highest BCUT2D eigenvalue weighted by molar-refractivity contribution is 7.93. The Labute approximate surface area is 172 Å². The third kappa shape index (κ3) is 4.48. The van der Waals surface area contributed by atoms with E-state index in [1.165, 1.54) is 41.9 Å². The Balaban J connectivity index is 1.54. The Hall–Kier alpha value is -1.92. The molecule has 0 radical (unpaired) electrons. The number of nitrogens with one attached hydrogen (secondary N) is 1. The zero-order valence-corrected chi connectivity index (χ0v) is 17.9. The van der Waals surface area contributed by atoms with Gasteiger partial charge in [0.05, 0.1) is 17.6 Å². The molecule has 0 amide bonds. The molecule has 2 N–H and O–H groups in total. The van der Waals surface area contributed by atoms with E-state index in [4.69, 9.17) is 9.20 Å². The molecule has 0 aliphatic heterocycles. The highest BCUT2D eigenvalue weighted by Gasteiger charge is 2.28. The number of hydrogen-bond donors (Lipinski definition) is 2. The van der Waals surface area contributed by atoms with Gasteiger partial charge >= 0.3 is 0 Å². The minimum Gasteiger partial charge on any atom is -0.454 e. The summed E-state index contributed by atoms with van der Waals surface area (Å²) >= 11 is 0. The fraction of sp³-hybridized carbons (Fsp3) is 0.522. The van der Waals surface area contributed by atoms with Crippen LogP contribution in [0, 0.1) is 10.7 Å². The van der Waals surface area contributed by atoms with Crippen molar-refractivity contribution in [3.8, 4) is 0 Å². The number of fused-ring (bicyclic) bond motifs is 1. The fourth-order valence-electron chi connectivity index (χ4n) is 4.19. The van der Waals surface area contributed by atoms with Gasteiger partial charge in [-0.05, 0) is 80.5 Å². The Morgan fingerprint density at radius 3 is 2.72 bits per heavy atom. The maximum atomic E-state index is 12.9. The smallest absolute Gasteiger partial charge is 0.199 e. The van der Waals surface area contributed by atoms with Gasteiger partial charge in [-0.3, -0.25) is 4.79 Å². The molecule has 2 aliphatic carbocycles. The zero-order chi connectivity index (χ0) is 20.8. The predicted molar refractivity (Wildman–Crippen MR) is 112 cm³/mol. The van der Waals surface area contributed by atoms with E-state index in [0.717, 1.165) is 37.2 Å². The summed E-state index contributed by atoms with van der Waals surface area (Å²) in [4.78, 5) is 12.9. The van der Waals surface area contributed by atoms with E-state index >= 15 is 0 Å². The van der Waals surface area contributed by atoms with E-state index < -0.39 is 15.3 Å². The minimum atomic E-state index is -3.38. The van der Waals surface area contributed by atoms with Crippen LogP contribution in [0.25, 0.3) is 0 Å². The topological polar surface area (TPSA) is 91.4 Å². The van der Waals surface area contributed by atoms with Gasteiger partial charge in [-0.2, -0.15) is 0 Å². The van der Waals surface area contributed by atoms with Crippen LogP contribution >= 0.6 is 0 Å². The lowest BCUT2D eigenvalue weighted by molar-refractivity contribution is -0.116. The van der Waals surface area contributed by atoms with E-state index in [0.29, 0.717) is 5.56 Å². The molecular formula is C23H29NO4S. The van der Waals surface area contributed by atoms with Crippen molar-refractivity contribution in [1.82, 2.24) is 0 Å². The number of Topliss-reactive ketones (excluding diaryl/α,β-unsaturated/α-hetero) is 1. The second-order valence-electron chi connectivity index (χ2n) is 9.09. The van der Waals surface area contributed by atoms with E-state index in [-0.39, 0.29) is 23.0 Å². The first-order chi connectivity index (χ1) is 13.6. The number of ketones is 1. The van der Waals surface area contributed by atoms with Crippen molar-refractivity contribution in [3.63, 3.8) is 0 Å². The highest BCUT2D eigenvalue weighted by Crippen LogP contribution is 2.36. The van der Waals surface area contributed by atoms with Crippen molar-refractivity contribution < 1.29 is 18.5 Å². The lowest BCUT2D eigenvalue weighted by Crippen LogP contribution is -2.19. The third-order valence-corrected chi connectivity index (χ3v) is 7.64. The van der Waals surface area contributed by atoms with Gasteiger partial charge in [0.1, 0.15) is 9.73 Å². The maximum absolute atomic E-state index is 12.9. The van der Waals surface area contributed by atoms with Crippen LogP contribution in [0.2, 0.25) is 0 Å². The van der Waals surface area contributed by atoms with Crippen LogP contribution in [0.4, 0.5) is 0 Å². The standard InChI is InChI=1S/C23H29NO4S/c1-23(2,26)18-11-22(28-13-18)29(24,27)14-19(25)12-21-17(10-15-6-7-15)9-8-16-4-3-5-20(16)21/h8-9,11,13,15,24,26H,3-7,10,12,14H2,1-2H3. The molecule has 6 heteroatoms.